The quantitative estimate of drug-likeness (QED) is 0.127. The minimum Gasteiger partial charge on any atom is -0.291 e. The Morgan fingerprint density at radius 2 is 1.50 bits per heavy atom. The standard InChI is InChI=1S/C22H28NO3/c1-2-3-4-5-6-7-8-10-13-16-19-22(23(25)26)20-17-14-11-9-12-15-18-21-24/h3-4,6-7,9-10,12-14,16-17,19-20H,2,5,8,11,15,18H2,1H3/b4-3+,7-6+,12-9+,13-10+,17-14+,19-16+,22-20-. The molecule has 0 unspecified atom stereocenters. The Balaban J connectivity index is 4.27. The summed E-state index contributed by atoms with van der Waals surface area (Å²) in [7, 11) is 0. The van der Waals surface area contributed by atoms with Gasteiger partial charge in [-0.1, -0.05) is 73.8 Å². The average Bonchev–Trinajstić information content (AvgIpc) is 2.63. The fourth-order valence-corrected chi connectivity index (χ4v) is 1.78. The number of rotatable bonds is 14. The van der Waals surface area contributed by atoms with Crippen molar-refractivity contribution < 1.29 is 9.72 Å². The Hall–Kier alpha value is -2.75. The van der Waals surface area contributed by atoms with Crippen molar-refractivity contribution in [3.8, 4) is 0 Å². The smallest absolute Gasteiger partial charge is 0.269 e. The van der Waals surface area contributed by atoms with E-state index in [0.717, 1.165) is 19.3 Å². The van der Waals surface area contributed by atoms with E-state index in [-0.39, 0.29) is 5.70 Å². The van der Waals surface area contributed by atoms with Crippen LogP contribution < -0.4 is 0 Å². The molecule has 4 heteroatoms. The van der Waals surface area contributed by atoms with Gasteiger partial charge in [-0.25, -0.2) is 0 Å². The Bertz CT molecular complexity index is 591. The zero-order chi connectivity index (χ0) is 19.3. The highest BCUT2D eigenvalue weighted by Gasteiger charge is 2.01. The molecule has 0 aliphatic rings. The second-order valence-corrected chi connectivity index (χ2v) is 5.28. The van der Waals surface area contributed by atoms with Gasteiger partial charge in [-0.05, 0) is 32.1 Å². The van der Waals surface area contributed by atoms with Crippen LogP contribution in [-0.2, 0) is 4.79 Å². The molecule has 0 rings (SSSR count). The summed E-state index contributed by atoms with van der Waals surface area (Å²) in [6.45, 7) is 2.10. The summed E-state index contributed by atoms with van der Waals surface area (Å²) in [5, 5.41) is 11.0. The van der Waals surface area contributed by atoms with Crippen molar-refractivity contribution in [2.45, 2.75) is 45.4 Å². The van der Waals surface area contributed by atoms with Crippen molar-refractivity contribution >= 4 is 6.29 Å². The molecule has 0 fully saturated rings. The molecule has 0 atom stereocenters. The van der Waals surface area contributed by atoms with Crippen LogP contribution in [0.3, 0.4) is 0 Å². The molecule has 0 aromatic carbocycles. The van der Waals surface area contributed by atoms with Crippen molar-refractivity contribution in [1.82, 2.24) is 0 Å². The van der Waals surface area contributed by atoms with E-state index in [1.807, 2.05) is 30.6 Å². The maximum Gasteiger partial charge on any atom is 0.269 e. The summed E-state index contributed by atoms with van der Waals surface area (Å²) < 4.78 is 0. The van der Waals surface area contributed by atoms with E-state index < -0.39 is 4.92 Å². The van der Waals surface area contributed by atoms with Crippen LogP contribution in [0, 0.1) is 10.1 Å². The van der Waals surface area contributed by atoms with E-state index in [1.165, 1.54) is 12.2 Å². The van der Waals surface area contributed by atoms with E-state index in [0.29, 0.717) is 19.3 Å². The molecule has 0 saturated heterocycles. The van der Waals surface area contributed by atoms with Gasteiger partial charge in [0.15, 0.2) is 6.29 Å². The second-order valence-electron chi connectivity index (χ2n) is 5.28. The molecule has 0 saturated carbocycles. The van der Waals surface area contributed by atoms with E-state index >= 15 is 0 Å². The number of hydrogen-bond donors (Lipinski definition) is 0. The number of nitro groups is 1. The highest BCUT2D eigenvalue weighted by atomic mass is 16.6. The molecule has 0 spiro atoms. The Morgan fingerprint density at radius 1 is 0.885 bits per heavy atom. The fourth-order valence-electron chi connectivity index (χ4n) is 1.78. The lowest BCUT2D eigenvalue weighted by Gasteiger charge is -1.88. The summed E-state index contributed by atoms with van der Waals surface area (Å²) in [5.74, 6) is 0. The van der Waals surface area contributed by atoms with Gasteiger partial charge in [-0.3, -0.25) is 14.9 Å². The number of carbonyl (C=O) groups excluding carboxylic acids is 1. The average molecular weight is 354 g/mol. The third-order valence-electron chi connectivity index (χ3n) is 3.09. The van der Waals surface area contributed by atoms with Crippen LogP contribution in [0.25, 0.3) is 0 Å². The predicted molar refractivity (Wildman–Crippen MR) is 109 cm³/mol. The van der Waals surface area contributed by atoms with Gasteiger partial charge in [0.1, 0.15) is 0 Å². The first-order valence-electron chi connectivity index (χ1n) is 8.86. The number of allylic oxidation sites excluding steroid dienone is 13. The lowest BCUT2D eigenvalue weighted by Crippen LogP contribution is -1.94. The predicted octanol–water partition coefficient (Wildman–Crippen LogP) is 5.95. The van der Waals surface area contributed by atoms with Gasteiger partial charge in [0, 0.05) is 18.6 Å². The maximum absolute atomic E-state index is 11.0. The van der Waals surface area contributed by atoms with Gasteiger partial charge >= 0.3 is 0 Å². The monoisotopic (exact) mass is 354 g/mol. The van der Waals surface area contributed by atoms with Gasteiger partial charge < -0.3 is 0 Å². The third-order valence-corrected chi connectivity index (χ3v) is 3.09. The Morgan fingerprint density at radius 3 is 2.15 bits per heavy atom. The molecule has 0 N–H and O–H groups in total. The largest absolute Gasteiger partial charge is 0.291 e. The Labute approximate surface area is 156 Å². The molecule has 0 amide bonds. The topological polar surface area (TPSA) is 60.2 Å². The molecule has 0 bridgehead atoms. The van der Waals surface area contributed by atoms with Crippen LogP contribution in [0.1, 0.15) is 45.4 Å². The summed E-state index contributed by atoms with van der Waals surface area (Å²) in [4.78, 5) is 20.6. The first kappa shape index (κ1) is 23.2. The van der Waals surface area contributed by atoms with Crippen molar-refractivity contribution in [2.75, 3.05) is 0 Å². The van der Waals surface area contributed by atoms with Crippen molar-refractivity contribution in [2.24, 2.45) is 0 Å². The van der Waals surface area contributed by atoms with Crippen LogP contribution in [0.5, 0.6) is 0 Å². The normalized spacial score (nSPS) is 13.5. The second kappa shape index (κ2) is 18.6. The molecule has 0 aliphatic heterocycles. The van der Waals surface area contributed by atoms with Crippen molar-refractivity contribution in [1.29, 1.82) is 0 Å². The summed E-state index contributed by atoms with van der Waals surface area (Å²) in [5.41, 5.74) is 0.0330. The van der Waals surface area contributed by atoms with Crippen LogP contribution >= 0.6 is 0 Å². The van der Waals surface area contributed by atoms with E-state index in [4.69, 9.17) is 0 Å². The molecular formula is C22H28NO3. The van der Waals surface area contributed by atoms with E-state index in [9.17, 15) is 14.9 Å². The van der Waals surface area contributed by atoms with Crippen molar-refractivity contribution in [3.05, 3.63) is 94.8 Å². The first-order chi connectivity index (χ1) is 12.7. The highest BCUT2D eigenvalue weighted by molar-refractivity contribution is 5.50. The Kier molecular flexibility index (Phi) is 16.6. The lowest BCUT2D eigenvalue weighted by atomic mass is 10.2. The van der Waals surface area contributed by atoms with Crippen LogP contribution in [0.4, 0.5) is 0 Å². The number of nitrogens with zero attached hydrogens (tertiary/aromatic N) is 1. The molecule has 0 aromatic rings. The molecule has 4 nitrogen and oxygen atoms in total. The minimum atomic E-state index is -0.412. The van der Waals surface area contributed by atoms with Crippen LogP contribution in [-0.4, -0.2) is 11.2 Å². The third kappa shape index (κ3) is 16.1. The lowest BCUT2D eigenvalue weighted by molar-refractivity contribution is -0.419. The summed E-state index contributed by atoms with van der Waals surface area (Å²) in [6, 6.07) is 0. The van der Waals surface area contributed by atoms with E-state index in [1.54, 1.807) is 18.2 Å². The number of unbranched alkanes of at least 4 members (excludes halogenated alkanes) is 1. The summed E-state index contributed by atoms with van der Waals surface area (Å²) in [6.07, 6.45) is 30.4. The van der Waals surface area contributed by atoms with Gasteiger partial charge in [0.25, 0.3) is 5.70 Å². The zero-order valence-corrected chi connectivity index (χ0v) is 15.4. The summed E-state index contributed by atoms with van der Waals surface area (Å²) >= 11 is 0. The van der Waals surface area contributed by atoms with Gasteiger partial charge in [-0.2, -0.15) is 0 Å². The van der Waals surface area contributed by atoms with Crippen molar-refractivity contribution in [3.63, 3.8) is 0 Å². The zero-order valence-electron chi connectivity index (χ0n) is 15.4. The maximum atomic E-state index is 11.0. The van der Waals surface area contributed by atoms with Crippen LogP contribution in [0.2, 0.25) is 0 Å². The van der Waals surface area contributed by atoms with E-state index in [2.05, 4.69) is 31.2 Å². The molecule has 26 heavy (non-hydrogen) atoms. The number of hydrogen-bond acceptors (Lipinski definition) is 3. The van der Waals surface area contributed by atoms with Gasteiger partial charge in [0.2, 0.25) is 0 Å². The van der Waals surface area contributed by atoms with Gasteiger partial charge in [0.05, 0.1) is 4.92 Å². The molecule has 139 valence electrons. The molecule has 0 heterocycles. The minimum absolute atomic E-state index is 0.0330. The SMILES string of the molecule is CC/C=C/C/C=C/C/C=C/C=C/C(=C/C=C/C/C=C/CC[C]=O)[N+](=O)[O-]. The molecular weight excluding hydrogens is 326 g/mol. The molecule has 0 aromatic heterocycles. The highest BCUT2D eigenvalue weighted by Crippen LogP contribution is 2.01. The molecule has 1 radical (unpaired) electrons. The first-order valence-corrected chi connectivity index (χ1v) is 8.86. The fraction of sp³-hybridized carbons (Fsp3) is 0.318. The van der Waals surface area contributed by atoms with Gasteiger partial charge in [-0.15, -0.1) is 0 Å². The van der Waals surface area contributed by atoms with Crippen LogP contribution in [0.15, 0.2) is 84.7 Å². The molecule has 0 aliphatic carbocycles.